The third-order valence-corrected chi connectivity index (χ3v) is 10.00. The van der Waals surface area contributed by atoms with Gasteiger partial charge in [0.1, 0.15) is 28.0 Å². The van der Waals surface area contributed by atoms with Gasteiger partial charge in [0, 0.05) is 49.3 Å². The quantitative estimate of drug-likeness (QED) is 0.190. The number of benzene rings is 7. The SMILES string of the molecule is c1ccc(-c2nc(-c3cccc(-c4cc(-n5c6ccccc6c6ccccc65)cc5c4oc4ccccc45)c3)nc3c2oc2ccccc23)cc1. The molecule has 51 heavy (non-hydrogen) atoms. The van der Waals surface area contributed by atoms with Crippen molar-refractivity contribution in [2.45, 2.75) is 0 Å². The molecule has 0 fully saturated rings. The zero-order valence-electron chi connectivity index (χ0n) is 27.2. The molecule has 11 rings (SSSR count). The number of hydrogen-bond acceptors (Lipinski definition) is 4. The fourth-order valence-electron chi connectivity index (χ4n) is 7.69. The van der Waals surface area contributed by atoms with Gasteiger partial charge in [0.05, 0.1) is 11.0 Å². The van der Waals surface area contributed by atoms with E-state index in [9.17, 15) is 0 Å². The maximum absolute atomic E-state index is 6.65. The van der Waals surface area contributed by atoms with Gasteiger partial charge in [-0.15, -0.1) is 0 Å². The maximum Gasteiger partial charge on any atom is 0.180 e. The maximum atomic E-state index is 6.65. The van der Waals surface area contributed by atoms with E-state index < -0.39 is 0 Å². The second kappa shape index (κ2) is 10.8. The van der Waals surface area contributed by atoms with Crippen LogP contribution in [0, 0.1) is 0 Å². The van der Waals surface area contributed by atoms with Crippen molar-refractivity contribution in [3.8, 4) is 39.5 Å². The first-order valence-electron chi connectivity index (χ1n) is 17.1. The van der Waals surface area contributed by atoms with Crippen LogP contribution in [0.3, 0.4) is 0 Å². The number of furan rings is 2. The van der Waals surface area contributed by atoms with Gasteiger partial charge in [-0.1, -0.05) is 115 Å². The fourth-order valence-corrected chi connectivity index (χ4v) is 7.69. The van der Waals surface area contributed by atoms with E-state index in [-0.39, 0.29) is 0 Å². The molecule has 0 unspecified atom stereocenters. The molecular weight excluding hydrogens is 627 g/mol. The summed E-state index contributed by atoms with van der Waals surface area (Å²) in [6.07, 6.45) is 0. The van der Waals surface area contributed by atoms with Crippen molar-refractivity contribution in [2.24, 2.45) is 0 Å². The summed E-state index contributed by atoms with van der Waals surface area (Å²) >= 11 is 0. The molecule has 0 N–H and O–H groups in total. The Morgan fingerprint density at radius 3 is 1.76 bits per heavy atom. The number of fused-ring (bicyclic) bond motifs is 9. The number of nitrogens with zero attached hydrogens (tertiary/aromatic N) is 3. The van der Waals surface area contributed by atoms with Crippen molar-refractivity contribution in [2.75, 3.05) is 0 Å². The summed E-state index contributed by atoms with van der Waals surface area (Å²) in [6, 6.07) is 56.7. The lowest BCUT2D eigenvalue weighted by molar-refractivity contribution is 0.667. The minimum absolute atomic E-state index is 0.633. The number of aromatic nitrogens is 3. The average molecular weight is 654 g/mol. The molecule has 0 atom stereocenters. The molecule has 5 nitrogen and oxygen atoms in total. The lowest BCUT2D eigenvalue weighted by atomic mass is 9.99. The van der Waals surface area contributed by atoms with Crippen molar-refractivity contribution in [1.29, 1.82) is 0 Å². The highest BCUT2D eigenvalue weighted by molar-refractivity contribution is 6.13. The summed E-state index contributed by atoms with van der Waals surface area (Å²) in [6.45, 7) is 0. The fraction of sp³-hybridized carbons (Fsp3) is 0. The first-order chi connectivity index (χ1) is 25.3. The number of rotatable bonds is 4. The topological polar surface area (TPSA) is 57.0 Å². The monoisotopic (exact) mass is 653 g/mol. The molecule has 0 aliphatic heterocycles. The molecule has 0 spiro atoms. The van der Waals surface area contributed by atoms with Crippen molar-refractivity contribution < 1.29 is 8.83 Å². The largest absolute Gasteiger partial charge is 0.455 e. The van der Waals surface area contributed by atoms with Crippen LogP contribution in [-0.4, -0.2) is 14.5 Å². The van der Waals surface area contributed by atoms with E-state index in [0.29, 0.717) is 11.4 Å². The van der Waals surface area contributed by atoms with Gasteiger partial charge in [0.2, 0.25) is 0 Å². The summed E-state index contributed by atoms with van der Waals surface area (Å²) < 4.78 is 15.4. The Balaban J connectivity index is 1.17. The van der Waals surface area contributed by atoms with Gasteiger partial charge in [0.25, 0.3) is 0 Å². The normalized spacial score (nSPS) is 11.9. The third-order valence-electron chi connectivity index (χ3n) is 10.00. The Morgan fingerprint density at radius 1 is 0.412 bits per heavy atom. The van der Waals surface area contributed by atoms with Crippen molar-refractivity contribution in [1.82, 2.24) is 14.5 Å². The summed E-state index contributed by atoms with van der Waals surface area (Å²) in [5.41, 5.74) is 12.0. The Morgan fingerprint density at radius 2 is 1.00 bits per heavy atom. The van der Waals surface area contributed by atoms with Crippen LogP contribution in [-0.2, 0) is 0 Å². The van der Waals surface area contributed by atoms with E-state index in [1.54, 1.807) is 0 Å². The van der Waals surface area contributed by atoms with Crippen molar-refractivity contribution >= 4 is 65.8 Å². The van der Waals surface area contributed by atoms with Crippen LogP contribution < -0.4 is 0 Å². The Hall–Kier alpha value is -6.98. The van der Waals surface area contributed by atoms with Crippen LogP contribution in [0.15, 0.2) is 173 Å². The lowest BCUT2D eigenvalue weighted by Crippen LogP contribution is -1.96. The molecule has 5 heteroatoms. The number of hydrogen-bond donors (Lipinski definition) is 0. The smallest absolute Gasteiger partial charge is 0.180 e. The van der Waals surface area contributed by atoms with Gasteiger partial charge in [-0.3, -0.25) is 0 Å². The van der Waals surface area contributed by atoms with E-state index in [2.05, 4.69) is 120 Å². The summed E-state index contributed by atoms with van der Waals surface area (Å²) in [4.78, 5) is 10.3. The molecule has 0 amide bonds. The zero-order chi connectivity index (χ0) is 33.5. The molecule has 0 bridgehead atoms. The van der Waals surface area contributed by atoms with Crippen LogP contribution in [0.4, 0.5) is 0 Å². The lowest BCUT2D eigenvalue weighted by Gasteiger charge is -2.12. The van der Waals surface area contributed by atoms with Crippen LogP contribution in [0.25, 0.3) is 105 Å². The zero-order valence-corrected chi connectivity index (χ0v) is 27.2. The van der Waals surface area contributed by atoms with Crippen LogP contribution in [0.5, 0.6) is 0 Å². The van der Waals surface area contributed by atoms with Gasteiger partial charge in [-0.2, -0.15) is 0 Å². The van der Waals surface area contributed by atoms with Gasteiger partial charge >= 0.3 is 0 Å². The average Bonchev–Trinajstić information content (AvgIpc) is 3.87. The minimum Gasteiger partial charge on any atom is -0.455 e. The molecule has 0 aliphatic rings. The molecule has 7 aromatic carbocycles. The second-order valence-electron chi connectivity index (χ2n) is 13.0. The Labute approximate surface area is 291 Å². The van der Waals surface area contributed by atoms with Crippen molar-refractivity contribution in [3.05, 3.63) is 164 Å². The molecular formula is C46H27N3O2. The molecule has 4 heterocycles. The van der Waals surface area contributed by atoms with Gasteiger partial charge in [0.15, 0.2) is 11.4 Å². The van der Waals surface area contributed by atoms with E-state index >= 15 is 0 Å². The Bertz CT molecular complexity index is 3100. The molecule has 238 valence electrons. The highest BCUT2D eigenvalue weighted by Crippen LogP contribution is 2.42. The molecule has 0 saturated carbocycles. The van der Waals surface area contributed by atoms with Gasteiger partial charge in [-0.25, -0.2) is 9.97 Å². The molecule has 0 saturated heterocycles. The Kier molecular flexibility index (Phi) is 5.89. The standard InChI is InChI=1S/C46H27N3O2/c1-2-13-28(14-3-1)42-45-43(35-20-7-11-24-41(35)51-45)48-46(47-42)30-16-12-15-29(25-30)36-26-31(27-37-34-19-6-10-23-40(34)50-44(36)37)49-38-21-8-4-17-32(38)33-18-5-9-22-39(33)49/h1-27H. The first kappa shape index (κ1) is 27.9. The van der Waals surface area contributed by atoms with Crippen molar-refractivity contribution in [3.63, 3.8) is 0 Å². The number of para-hydroxylation sites is 4. The first-order valence-corrected chi connectivity index (χ1v) is 17.1. The van der Waals surface area contributed by atoms with E-state index in [1.165, 1.54) is 10.8 Å². The summed E-state index contributed by atoms with van der Waals surface area (Å²) in [5.74, 6) is 0.633. The van der Waals surface area contributed by atoms with Crippen LogP contribution in [0.1, 0.15) is 0 Å². The minimum atomic E-state index is 0.633. The predicted octanol–water partition coefficient (Wildman–Crippen LogP) is 12.4. The molecule has 0 radical (unpaired) electrons. The summed E-state index contributed by atoms with van der Waals surface area (Å²) in [5, 5.41) is 5.57. The summed E-state index contributed by atoms with van der Waals surface area (Å²) in [7, 11) is 0. The highest BCUT2D eigenvalue weighted by atomic mass is 16.3. The van der Waals surface area contributed by atoms with E-state index in [1.807, 2.05) is 48.5 Å². The van der Waals surface area contributed by atoms with Crippen LogP contribution in [0.2, 0.25) is 0 Å². The van der Waals surface area contributed by atoms with Gasteiger partial charge in [-0.05, 0) is 54.1 Å². The third kappa shape index (κ3) is 4.22. The highest BCUT2D eigenvalue weighted by Gasteiger charge is 2.21. The van der Waals surface area contributed by atoms with E-state index in [4.69, 9.17) is 18.8 Å². The van der Waals surface area contributed by atoms with Gasteiger partial charge < -0.3 is 13.4 Å². The molecule has 0 aliphatic carbocycles. The molecule has 11 aromatic rings. The molecule has 4 aromatic heterocycles. The predicted molar refractivity (Wildman–Crippen MR) is 207 cm³/mol. The second-order valence-corrected chi connectivity index (χ2v) is 13.0. The van der Waals surface area contributed by atoms with E-state index in [0.717, 1.165) is 83.1 Å². The van der Waals surface area contributed by atoms with Crippen LogP contribution >= 0.6 is 0 Å².